The molecule has 0 spiro atoms. The zero-order valence-corrected chi connectivity index (χ0v) is 21.1. The number of aromatic nitrogens is 4. The predicted molar refractivity (Wildman–Crippen MR) is 137 cm³/mol. The van der Waals surface area contributed by atoms with Crippen LogP contribution >= 0.6 is 23.2 Å². The van der Waals surface area contributed by atoms with Crippen molar-refractivity contribution in [2.75, 3.05) is 10.6 Å². The summed E-state index contributed by atoms with van der Waals surface area (Å²) in [6.45, 7) is 0. The van der Waals surface area contributed by atoms with E-state index in [9.17, 15) is 14.3 Å². The Morgan fingerprint density at radius 2 is 1.83 bits per heavy atom. The van der Waals surface area contributed by atoms with Crippen LogP contribution in [0.3, 0.4) is 0 Å². The Morgan fingerprint density at radius 3 is 2.50 bits per heavy atom. The number of anilines is 3. The molecule has 2 saturated carbocycles. The summed E-state index contributed by atoms with van der Waals surface area (Å²) >= 11 is 12.6. The summed E-state index contributed by atoms with van der Waals surface area (Å²) in [7, 11) is 0. The zero-order valence-electron chi connectivity index (χ0n) is 19.6. The van der Waals surface area contributed by atoms with Gasteiger partial charge in [0.2, 0.25) is 17.8 Å². The number of aliphatic hydroxyl groups excluding tert-OH is 1. The average molecular weight is 536 g/mol. The minimum atomic E-state index is -0.539. The first-order chi connectivity index (χ1) is 17.3. The van der Waals surface area contributed by atoms with E-state index in [0.717, 1.165) is 19.3 Å². The fraction of sp³-hybridized carbons (Fsp3) is 0.500. The highest BCUT2D eigenvalue weighted by molar-refractivity contribution is 6.39. The van der Waals surface area contributed by atoms with Crippen molar-refractivity contribution < 1.29 is 14.3 Å². The van der Waals surface area contributed by atoms with Gasteiger partial charge >= 0.3 is 0 Å². The maximum absolute atomic E-state index is 13.8. The van der Waals surface area contributed by atoms with Crippen molar-refractivity contribution in [3.8, 4) is 0 Å². The zero-order chi connectivity index (χ0) is 25.4. The van der Waals surface area contributed by atoms with Crippen LogP contribution in [0.1, 0.15) is 57.4 Å². The van der Waals surface area contributed by atoms with Crippen molar-refractivity contribution in [2.24, 2.45) is 11.7 Å². The summed E-state index contributed by atoms with van der Waals surface area (Å²) in [6, 6.07) is 2.44. The fourth-order valence-electron chi connectivity index (χ4n) is 5.26. The lowest BCUT2D eigenvalue weighted by atomic mass is 9.85. The standard InChI is InChI=1S/C24H28Cl2FN7O2/c25-17-8-13(27)9-18(26)20(17)32-24-31-19-11-29-23(30-14-2-1-3-16(35)10-14)33-22(19)34(24)15-6-4-12(5-7-15)21(28)36/h8-9,11-12,14-16,35H,1-7,10H2,(H2,28,36)(H,31,32)(H,29,30,33)/t12-,14-,15+,16-/m0/s1. The Bertz CT molecular complexity index is 1260. The van der Waals surface area contributed by atoms with Crippen LogP contribution in [0, 0.1) is 11.7 Å². The Kier molecular flexibility index (Phi) is 7.18. The van der Waals surface area contributed by atoms with Gasteiger partial charge < -0.3 is 21.5 Å². The number of hydrogen-bond acceptors (Lipinski definition) is 7. The molecular weight excluding hydrogens is 508 g/mol. The molecule has 192 valence electrons. The summed E-state index contributed by atoms with van der Waals surface area (Å²) in [6.07, 6.45) is 7.38. The van der Waals surface area contributed by atoms with Crippen molar-refractivity contribution in [3.63, 3.8) is 0 Å². The van der Waals surface area contributed by atoms with Crippen molar-refractivity contribution >= 4 is 57.9 Å². The number of nitrogens with zero attached hydrogens (tertiary/aromatic N) is 4. The quantitative estimate of drug-likeness (QED) is 0.351. The minimum Gasteiger partial charge on any atom is -0.393 e. The molecule has 2 heterocycles. The Labute approximate surface area is 217 Å². The first kappa shape index (κ1) is 25.0. The van der Waals surface area contributed by atoms with Gasteiger partial charge in [-0.05, 0) is 63.5 Å². The lowest BCUT2D eigenvalue weighted by molar-refractivity contribution is -0.122. The lowest BCUT2D eigenvalue weighted by Crippen LogP contribution is -2.30. The summed E-state index contributed by atoms with van der Waals surface area (Å²) in [5.74, 6) is -0.0719. The molecule has 0 saturated heterocycles. The average Bonchev–Trinajstić information content (AvgIpc) is 3.18. The molecule has 2 fully saturated rings. The molecule has 36 heavy (non-hydrogen) atoms. The molecule has 5 N–H and O–H groups in total. The number of primary amides is 1. The molecule has 9 nitrogen and oxygen atoms in total. The van der Waals surface area contributed by atoms with Gasteiger partial charge in [0.15, 0.2) is 5.65 Å². The highest BCUT2D eigenvalue weighted by atomic mass is 35.5. The Balaban J connectivity index is 1.51. The molecule has 0 radical (unpaired) electrons. The Hall–Kier alpha value is -2.69. The van der Waals surface area contributed by atoms with Gasteiger partial charge in [-0.15, -0.1) is 0 Å². The monoisotopic (exact) mass is 535 g/mol. The van der Waals surface area contributed by atoms with E-state index in [1.807, 2.05) is 4.57 Å². The number of fused-ring (bicyclic) bond motifs is 1. The Morgan fingerprint density at radius 1 is 1.11 bits per heavy atom. The predicted octanol–water partition coefficient (Wildman–Crippen LogP) is 4.95. The van der Waals surface area contributed by atoms with Crippen molar-refractivity contribution in [3.05, 3.63) is 34.2 Å². The molecule has 2 aromatic heterocycles. The third-order valence-electron chi connectivity index (χ3n) is 7.12. The number of imidazole rings is 1. The van der Waals surface area contributed by atoms with E-state index >= 15 is 0 Å². The SMILES string of the molecule is NC(=O)[C@H]1CC[C@@H](n2c(Nc3c(Cl)cc(F)cc3Cl)nc3cnc(N[C@H]4CCC[C@H](O)C4)nc32)CC1. The van der Waals surface area contributed by atoms with Gasteiger partial charge in [-0.3, -0.25) is 9.36 Å². The van der Waals surface area contributed by atoms with Crippen LogP contribution in [0.2, 0.25) is 10.0 Å². The normalized spacial score (nSPS) is 24.6. The van der Waals surface area contributed by atoms with Gasteiger partial charge in [-0.25, -0.2) is 14.4 Å². The van der Waals surface area contributed by atoms with Gasteiger partial charge in [0.05, 0.1) is 28.0 Å². The van der Waals surface area contributed by atoms with E-state index in [0.29, 0.717) is 60.9 Å². The molecule has 2 aliphatic rings. The van der Waals surface area contributed by atoms with Gasteiger partial charge in [-0.1, -0.05) is 23.2 Å². The van der Waals surface area contributed by atoms with E-state index in [2.05, 4.69) is 15.6 Å². The molecule has 0 unspecified atom stereocenters. The van der Waals surface area contributed by atoms with Crippen LogP contribution in [0.15, 0.2) is 18.3 Å². The minimum absolute atomic E-state index is 0.00893. The van der Waals surface area contributed by atoms with Crippen LogP contribution in [0.25, 0.3) is 11.2 Å². The number of carbonyl (C=O) groups excluding carboxylic acids is 1. The van der Waals surface area contributed by atoms with Gasteiger partial charge in [0.1, 0.15) is 11.3 Å². The number of rotatable bonds is 6. The smallest absolute Gasteiger partial charge is 0.224 e. The third kappa shape index (κ3) is 5.21. The number of nitrogens with two attached hydrogens (primary N) is 1. The van der Waals surface area contributed by atoms with E-state index in [1.54, 1.807) is 6.20 Å². The van der Waals surface area contributed by atoms with E-state index < -0.39 is 5.82 Å². The highest BCUT2D eigenvalue weighted by Gasteiger charge is 2.30. The van der Waals surface area contributed by atoms with Crippen LogP contribution in [-0.4, -0.2) is 42.7 Å². The second-order valence-corrected chi connectivity index (χ2v) is 10.5. The molecule has 5 rings (SSSR count). The van der Waals surface area contributed by atoms with E-state index in [-0.39, 0.29) is 40.1 Å². The van der Waals surface area contributed by atoms with Crippen molar-refractivity contribution in [1.82, 2.24) is 19.5 Å². The van der Waals surface area contributed by atoms with E-state index in [1.165, 1.54) is 12.1 Å². The van der Waals surface area contributed by atoms with E-state index in [4.69, 9.17) is 38.9 Å². The van der Waals surface area contributed by atoms with Crippen molar-refractivity contribution in [2.45, 2.75) is 69.6 Å². The van der Waals surface area contributed by atoms with Crippen LogP contribution in [-0.2, 0) is 4.79 Å². The number of halogens is 3. The summed E-state index contributed by atoms with van der Waals surface area (Å²) in [5, 5.41) is 16.8. The van der Waals surface area contributed by atoms with Gasteiger partial charge in [-0.2, -0.15) is 4.98 Å². The summed E-state index contributed by atoms with van der Waals surface area (Å²) in [5.41, 5.74) is 7.06. The second-order valence-electron chi connectivity index (χ2n) is 9.65. The van der Waals surface area contributed by atoms with Crippen LogP contribution < -0.4 is 16.4 Å². The van der Waals surface area contributed by atoms with Crippen molar-refractivity contribution in [1.29, 1.82) is 0 Å². The van der Waals surface area contributed by atoms with Crippen LogP contribution in [0.5, 0.6) is 0 Å². The molecular formula is C24H28Cl2FN7O2. The molecule has 0 bridgehead atoms. The molecule has 3 aromatic rings. The molecule has 2 aliphatic carbocycles. The number of hydrogen-bond donors (Lipinski definition) is 4. The van der Waals surface area contributed by atoms with Gasteiger partial charge in [0.25, 0.3) is 0 Å². The molecule has 0 aliphatic heterocycles. The molecule has 12 heteroatoms. The fourth-order valence-corrected chi connectivity index (χ4v) is 5.82. The molecule has 2 atom stereocenters. The lowest BCUT2D eigenvalue weighted by Gasteiger charge is -2.29. The molecule has 1 aromatic carbocycles. The van der Waals surface area contributed by atoms with Gasteiger partial charge in [0, 0.05) is 18.0 Å². The largest absolute Gasteiger partial charge is 0.393 e. The second kappa shape index (κ2) is 10.4. The topological polar surface area (TPSA) is 131 Å². The maximum atomic E-state index is 13.8. The summed E-state index contributed by atoms with van der Waals surface area (Å²) in [4.78, 5) is 25.6. The molecule has 1 amide bonds. The number of benzene rings is 1. The number of aliphatic hydroxyl groups is 1. The first-order valence-electron chi connectivity index (χ1n) is 12.2. The highest BCUT2D eigenvalue weighted by Crippen LogP contribution is 2.39. The third-order valence-corrected chi connectivity index (χ3v) is 7.72. The number of amides is 1. The first-order valence-corrected chi connectivity index (χ1v) is 12.9. The van der Waals surface area contributed by atoms with Crippen LogP contribution in [0.4, 0.5) is 22.0 Å². The summed E-state index contributed by atoms with van der Waals surface area (Å²) < 4.78 is 15.7. The number of carbonyl (C=O) groups is 1. The number of nitrogens with one attached hydrogen (secondary N) is 2. The maximum Gasteiger partial charge on any atom is 0.224 e.